The fraction of sp³-hybridized carbons (Fsp3) is 0.902. The van der Waals surface area contributed by atoms with Crippen molar-refractivity contribution in [3.05, 3.63) is 24.3 Å². The average Bonchev–Trinajstić information content (AvgIpc) is 3.38. The molecule has 0 aromatic rings. The maximum absolute atomic E-state index is 6.31. The zero-order chi connectivity index (χ0) is 31.6. The van der Waals surface area contributed by atoms with E-state index in [1.807, 2.05) is 0 Å². The lowest BCUT2D eigenvalue weighted by atomic mass is 10.1. The van der Waals surface area contributed by atoms with Crippen molar-refractivity contribution in [2.24, 2.45) is 0 Å². The van der Waals surface area contributed by atoms with Crippen LogP contribution in [0.15, 0.2) is 24.3 Å². The van der Waals surface area contributed by atoms with Crippen molar-refractivity contribution in [3.63, 3.8) is 0 Å². The summed E-state index contributed by atoms with van der Waals surface area (Å²) in [6, 6.07) is 0. The van der Waals surface area contributed by atoms with Crippen molar-refractivity contribution in [1.82, 2.24) is 4.90 Å². The van der Waals surface area contributed by atoms with Gasteiger partial charge in [-0.15, -0.1) is 0 Å². The Morgan fingerprint density at radius 2 is 0.682 bits per heavy atom. The molecule has 2 atom stereocenters. The van der Waals surface area contributed by atoms with Crippen LogP contribution in [0.25, 0.3) is 0 Å². The second kappa shape index (κ2) is 33.7. The topological polar surface area (TPSA) is 21.7 Å². The molecule has 0 radical (unpaired) electrons. The summed E-state index contributed by atoms with van der Waals surface area (Å²) in [6.07, 6.45) is 48.1. The van der Waals surface area contributed by atoms with Gasteiger partial charge in [-0.05, 0) is 71.3 Å². The minimum atomic E-state index is 0.261. The Labute approximate surface area is 277 Å². The summed E-state index contributed by atoms with van der Waals surface area (Å²) in [5, 5.41) is 0. The molecule has 1 heterocycles. The monoisotopic (exact) mass is 618 g/mol. The van der Waals surface area contributed by atoms with E-state index in [0.717, 1.165) is 26.3 Å². The zero-order valence-electron chi connectivity index (χ0n) is 30.4. The first kappa shape index (κ1) is 41.4. The standard InChI is InChI=1S/C41H79NO2/c1-4-6-8-10-12-14-16-18-20-22-24-26-28-30-32-34-36-43-40-38-42(3)39-41(40)44-37-35-33-31-29-27-25-23-21-19-17-15-13-11-9-7-5-2/h18-21,40-41H,4-17,22-39H2,1-3H3/b20-18-,21-19-. The molecule has 1 rings (SSSR count). The first-order chi connectivity index (χ1) is 21.8. The van der Waals surface area contributed by atoms with Gasteiger partial charge in [0.15, 0.2) is 0 Å². The Hall–Kier alpha value is -0.640. The first-order valence-corrected chi connectivity index (χ1v) is 20.0. The van der Waals surface area contributed by atoms with Gasteiger partial charge in [0.25, 0.3) is 0 Å². The molecule has 0 saturated carbocycles. The summed E-state index contributed by atoms with van der Waals surface area (Å²) < 4.78 is 12.6. The maximum atomic E-state index is 6.31. The van der Waals surface area contributed by atoms with Crippen LogP contribution in [0.2, 0.25) is 0 Å². The second-order valence-corrected chi connectivity index (χ2v) is 13.9. The van der Waals surface area contributed by atoms with Crippen LogP contribution in [0.1, 0.15) is 194 Å². The number of rotatable bonds is 34. The van der Waals surface area contributed by atoms with Gasteiger partial charge in [-0.3, -0.25) is 0 Å². The molecule has 0 bridgehead atoms. The summed E-state index contributed by atoms with van der Waals surface area (Å²) in [5.74, 6) is 0. The summed E-state index contributed by atoms with van der Waals surface area (Å²) in [7, 11) is 2.20. The highest BCUT2D eigenvalue weighted by Gasteiger charge is 2.32. The van der Waals surface area contributed by atoms with E-state index in [-0.39, 0.29) is 12.2 Å². The Bertz CT molecular complexity index is 566. The number of allylic oxidation sites excluding steroid dienone is 4. The lowest BCUT2D eigenvalue weighted by molar-refractivity contribution is -0.0481. The SMILES string of the molecule is CCCCCCCC/C=C\CCCCCCCCOC1CN(C)CC1OCCCCCCCC/C=C\CCCCCCCC. The third kappa shape index (κ3) is 27.7. The van der Waals surface area contributed by atoms with E-state index in [1.54, 1.807) is 0 Å². The fourth-order valence-electron chi connectivity index (χ4n) is 6.41. The van der Waals surface area contributed by atoms with E-state index >= 15 is 0 Å². The number of likely N-dealkylation sites (tertiary alicyclic amines) is 1. The zero-order valence-corrected chi connectivity index (χ0v) is 30.4. The molecule has 1 aliphatic heterocycles. The highest BCUT2D eigenvalue weighted by molar-refractivity contribution is 4.85. The van der Waals surface area contributed by atoms with E-state index < -0.39 is 0 Å². The third-order valence-electron chi connectivity index (χ3n) is 9.37. The summed E-state index contributed by atoms with van der Waals surface area (Å²) in [5.41, 5.74) is 0. The molecule has 260 valence electrons. The van der Waals surface area contributed by atoms with Gasteiger partial charge in [-0.2, -0.15) is 0 Å². The van der Waals surface area contributed by atoms with E-state index in [1.165, 1.54) is 180 Å². The van der Waals surface area contributed by atoms with Gasteiger partial charge < -0.3 is 14.4 Å². The lowest BCUT2D eigenvalue weighted by Crippen LogP contribution is -2.30. The van der Waals surface area contributed by atoms with Gasteiger partial charge in [0, 0.05) is 26.3 Å². The number of unbranched alkanes of at least 4 members (excludes halogenated alkanes) is 24. The summed E-state index contributed by atoms with van der Waals surface area (Å²) in [4.78, 5) is 2.37. The Morgan fingerprint density at radius 1 is 0.409 bits per heavy atom. The molecule has 1 aliphatic rings. The average molecular weight is 618 g/mol. The number of ether oxygens (including phenoxy) is 2. The van der Waals surface area contributed by atoms with Crippen LogP contribution in [-0.2, 0) is 9.47 Å². The van der Waals surface area contributed by atoms with Crippen LogP contribution in [0.3, 0.4) is 0 Å². The Morgan fingerprint density at radius 3 is 1.00 bits per heavy atom. The molecule has 0 aromatic carbocycles. The number of nitrogens with zero attached hydrogens (tertiary/aromatic N) is 1. The van der Waals surface area contributed by atoms with Crippen LogP contribution in [0.5, 0.6) is 0 Å². The predicted octanol–water partition coefficient (Wildman–Crippen LogP) is 12.8. The largest absolute Gasteiger partial charge is 0.374 e. The summed E-state index contributed by atoms with van der Waals surface area (Å²) >= 11 is 0. The Kier molecular flexibility index (Phi) is 31.7. The number of likely N-dealkylation sites (N-methyl/N-ethyl adjacent to an activating group) is 1. The molecule has 1 fully saturated rings. The third-order valence-corrected chi connectivity index (χ3v) is 9.37. The van der Waals surface area contributed by atoms with Crippen molar-refractivity contribution in [2.45, 2.75) is 206 Å². The molecule has 0 N–H and O–H groups in total. The van der Waals surface area contributed by atoms with Crippen LogP contribution in [-0.4, -0.2) is 50.5 Å². The molecule has 2 unspecified atom stereocenters. The van der Waals surface area contributed by atoms with Crippen LogP contribution in [0.4, 0.5) is 0 Å². The molecule has 44 heavy (non-hydrogen) atoms. The van der Waals surface area contributed by atoms with E-state index in [4.69, 9.17) is 9.47 Å². The van der Waals surface area contributed by atoms with Crippen molar-refractivity contribution in [1.29, 1.82) is 0 Å². The van der Waals surface area contributed by atoms with Gasteiger partial charge in [0.05, 0.1) is 12.2 Å². The molecular weight excluding hydrogens is 538 g/mol. The smallest absolute Gasteiger partial charge is 0.0975 e. The normalized spacial score (nSPS) is 17.6. The predicted molar refractivity (Wildman–Crippen MR) is 196 cm³/mol. The molecule has 1 saturated heterocycles. The minimum absolute atomic E-state index is 0.261. The molecule has 0 spiro atoms. The number of hydrogen-bond donors (Lipinski definition) is 0. The van der Waals surface area contributed by atoms with Crippen molar-refractivity contribution < 1.29 is 9.47 Å². The highest BCUT2D eigenvalue weighted by Crippen LogP contribution is 2.18. The van der Waals surface area contributed by atoms with Crippen LogP contribution >= 0.6 is 0 Å². The van der Waals surface area contributed by atoms with E-state index in [0.29, 0.717) is 0 Å². The van der Waals surface area contributed by atoms with Gasteiger partial charge in [-0.1, -0.05) is 154 Å². The molecule has 0 aliphatic carbocycles. The minimum Gasteiger partial charge on any atom is -0.374 e. The second-order valence-electron chi connectivity index (χ2n) is 13.9. The van der Waals surface area contributed by atoms with Gasteiger partial charge in [0.2, 0.25) is 0 Å². The van der Waals surface area contributed by atoms with Gasteiger partial charge in [-0.25, -0.2) is 0 Å². The Balaban J connectivity index is 1.87. The highest BCUT2D eigenvalue weighted by atomic mass is 16.5. The molecule has 0 aromatic heterocycles. The van der Waals surface area contributed by atoms with E-state index in [9.17, 15) is 0 Å². The quantitative estimate of drug-likeness (QED) is 0.0529. The van der Waals surface area contributed by atoms with Crippen LogP contribution in [0, 0.1) is 0 Å². The van der Waals surface area contributed by atoms with E-state index in [2.05, 4.69) is 50.1 Å². The summed E-state index contributed by atoms with van der Waals surface area (Å²) in [6.45, 7) is 8.41. The van der Waals surface area contributed by atoms with Crippen molar-refractivity contribution in [2.75, 3.05) is 33.4 Å². The maximum Gasteiger partial charge on any atom is 0.0975 e. The van der Waals surface area contributed by atoms with Crippen molar-refractivity contribution >= 4 is 0 Å². The lowest BCUT2D eigenvalue weighted by Gasteiger charge is -2.20. The molecule has 3 heteroatoms. The molecule has 3 nitrogen and oxygen atoms in total. The van der Waals surface area contributed by atoms with Crippen LogP contribution < -0.4 is 0 Å². The number of hydrogen-bond acceptors (Lipinski definition) is 3. The van der Waals surface area contributed by atoms with Gasteiger partial charge in [0.1, 0.15) is 0 Å². The fourth-order valence-corrected chi connectivity index (χ4v) is 6.41. The van der Waals surface area contributed by atoms with Crippen molar-refractivity contribution in [3.8, 4) is 0 Å². The first-order valence-electron chi connectivity index (χ1n) is 20.0. The van der Waals surface area contributed by atoms with Gasteiger partial charge >= 0.3 is 0 Å². The molecular formula is C41H79NO2. The molecule has 0 amide bonds.